The van der Waals surface area contributed by atoms with Crippen molar-refractivity contribution in [2.45, 2.75) is 18.9 Å². The molecule has 112 valence electrons. The number of aliphatic carboxylic acids is 1. The second-order valence-corrected chi connectivity index (χ2v) is 4.93. The molecule has 1 rings (SSSR count). The molecule has 0 radical (unpaired) electrons. The van der Waals surface area contributed by atoms with E-state index in [1.165, 1.54) is 21.3 Å². The summed E-state index contributed by atoms with van der Waals surface area (Å²) in [5.74, 6) is 0.562. The molecule has 0 saturated carbocycles. The normalized spacial score (nSPS) is 11.8. The van der Waals surface area contributed by atoms with Crippen molar-refractivity contribution in [3.63, 3.8) is 0 Å². The van der Waals surface area contributed by atoms with Gasteiger partial charge in [-0.3, -0.25) is 4.79 Å². The van der Waals surface area contributed by atoms with Crippen molar-refractivity contribution in [2.75, 3.05) is 21.3 Å². The van der Waals surface area contributed by atoms with Crippen molar-refractivity contribution in [2.24, 2.45) is 5.73 Å². The zero-order valence-corrected chi connectivity index (χ0v) is 13.2. The number of rotatable bonds is 7. The molecule has 1 aromatic rings. The quantitative estimate of drug-likeness (QED) is 0.786. The third kappa shape index (κ3) is 3.55. The van der Waals surface area contributed by atoms with E-state index in [1.807, 2.05) is 0 Å². The van der Waals surface area contributed by atoms with Gasteiger partial charge >= 0.3 is 5.97 Å². The topological polar surface area (TPSA) is 91.0 Å². The van der Waals surface area contributed by atoms with E-state index in [4.69, 9.17) is 25.1 Å². The second-order valence-electron chi connectivity index (χ2n) is 4.08. The van der Waals surface area contributed by atoms with Crippen LogP contribution in [-0.2, 0) is 4.79 Å². The smallest absolute Gasteiger partial charge is 0.303 e. The molecule has 1 unspecified atom stereocenters. The molecule has 0 saturated heterocycles. The number of carbonyl (C=O) groups is 1. The van der Waals surface area contributed by atoms with Gasteiger partial charge in [0.15, 0.2) is 11.5 Å². The number of ether oxygens (including phenoxy) is 3. The van der Waals surface area contributed by atoms with E-state index in [0.717, 1.165) is 0 Å². The lowest BCUT2D eigenvalue weighted by atomic mass is 10.00. The second kappa shape index (κ2) is 7.35. The van der Waals surface area contributed by atoms with Crippen molar-refractivity contribution >= 4 is 21.9 Å². The van der Waals surface area contributed by atoms with Crippen LogP contribution >= 0.6 is 15.9 Å². The fraction of sp³-hybridized carbons (Fsp3) is 0.462. The van der Waals surface area contributed by atoms with Crippen LogP contribution in [0.1, 0.15) is 24.4 Å². The van der Waals surface area contributed by atoms with Gasteiger partial charge in [-0.1, -0.05) is 0 Å². The van der Waals surface area contributed by atoms with Crippen LogP contribution in [0.15, 0.2) is 10.5 Å². The van der Waals surface area contributed by atoms with Gasteiger partial charge in [0.1, 0.15) is 5.75 Å². The number of carboxylic acids is 1. The first-order chi connectivity index (χ1) is 9.46. The molecule has 1 aromatic carbocycles. The van der Waals surface area contributed by atoms with E-state index < -0.39 is 12.0 Å². The maximum absolute atomic E-state index is 10.7. The lowest BCUT2D eigenvalue weighted by Gasteiger charge is -2.21. The van der Waals surface area contributed by atoms with Crippen LogP contribution < -0.4 is 19.9 Å². The molecule has 20 heavy (non-hydrogen) atoms. The van der Waals surface area contributed by atoms with E-state index in [2.05, 4.69) is 15.9 Å². The van der Waals surface area contributed by atoms with Crippen molar-refractivity contribution in [1.82, 2.24) is 0 Å². The lowest BCUT2D eigenvalue weighted by molar-refractivity contribution is -0.137. The minimum absolute atomic E-state index is 0.0394. The first kappa shape index (κ1) is 16.6. The number of methoxy groups -OCH3 is 3. The van der Waals surface area contributed by atoms with E-state index in [1.54, 1.807) is 6.07 Å². The van der Waals surface area contributed by atoms with Gasteiger partial charge in [0.2, 0.25) is 0 Å². The predicted octanol–water partition coefficient (Wildman–Crippen LogP) is 2.34. The van der Waals surface area contributed by atoms with Gasteiger partial charge in [0, 0.05) is 18.5 Å². The zero-order valence-electron chi connectivity index (χ0n) is 11.6. The third-order valence-corrected chi connectivity index (χ3v) is 3.44. The Morgan fingerprint density at radius 2 is 1.90 bits per heavy atom. The molecule has 1 atom stereocenters. The number of benzene rings is 1. The Morgan fingerprint density at radius 3 is 2.35 bits per heavy atom. The van der Waals surface area contributed by atoms with Crippen LogP contribution in [0.2, 0.25) is 0 Å². The molecule has 7 heteroatoms. The van der Waals surface area contributed by atoms with Gasteiger partial charge in [-0.15, -0.1) is 0 Å². The Kier molecular flexibility index (Phi) is 6.09. The number of hydrogen-bond donors (Lipinski definition) is 2. The first-order valence-corrected chi connectivity index (χ1v) is 6.71. The number of nitrogens with two attached hydrogens (primary N) is 1. The van der Waals surface area contributed by atoms with Crippen molar-refractivity contribution in [3.05, 3.63) is 16.1 Å². The highest BCUT2D eigenvalue weighted by Crippen LogP contribution is 2.46. The molecule has 0 aromatic heterocycles. The molecule has 0 fully saturated rings. The summed E-state index contributed by atoms with van der Waals surface area (Å²) in [6.45, 7) is 0. The standard InChI is InChI=1S/C13H18BrNO5/c1-18-9-6-7(14)12(19-2)11(13(9)20-3)8(15)4-5-10(16)17/h6,8H,4-5,15H2,1-3H3,(H,16,17). The number of halogens is 1. The average molecular weight is 348 g/mol. The molecule has 3 N–H and O–H groups in total. The summed E-state index contributed by atoms with van der Waals surface area (Å²) in [6.07, 6.45) is 0.226. The monoisotopic (exact) mass is 347 g/mol. The van der Waals surface area contributed by atoms with Crippen LogP contribution in [0.5, 0.6) is 17.2 Å². The highest BCUT2D eigenvalue weighted by atomic mass is 79.9. The number of hydrogen-bond acceptors (Lipinski definition) is 5. The van der Waals surface area contributed by atoms with Gasteiger partial charge in [0.25, 0.3) is 0 Å². The SMILES string of the molecule is COc1cc(Br)c(OC)c(C(N)CCC(=O)O)c1OC. The molecule has 0 aliphatic rings. The Morgan fingerprint density at radius 1 is 1.30 bits per heavy atom. The van der Waals surface area contributed by atoms with Crippen molar-refractivity contribution < 1.29 is 24.1 Å². The van der Waals surface area contributed by atoms with Crippen LogP contribution in [-0.4, -0.2) is 32.4 Å². The number of carboxylic acid groups (broad SMARTS) is 1. The fourth-order valence-electron chi connectivity index (χ4n) is 1.94. The molecule has 0 spiro atoms. The van der Waals surface area contributed by atoms with E-state index in [9.17, 15) is 4.79 Å². The molecule has 0 aliphatic carbocycles. The summed E-state index contributed by atoms with van der Waals surface area (Å²) in [6, 6.07) is 1.17. The van der Waals surface area contributed by atoms with Crippen LogP contribution in [0.25, 0.3) is 0 Å². The summed E-state index contributed by atoms with van der Waals surface area (Å²) < 4.78 is 16.6. The molecule has 0 heterocycles. The highest BCUT2D eigenvalue weighted by molar-refractivity contribution is 9.10. The zero-order chi connectivity index (χ0) is 15.3. The van der Waals surface area contributed by atoms with E-state index in [0.29, 0.717) is 27.3 Å². The Balaban J connectivity index is 3.31. The van der Waals surface area contributed by atoms with Crippen molar-refractivity contribution in [3.8, 4) is 17.2 Å². The van der Waals surface area contributed by atoms with Crippen LogP contribution in [0, 0.1) is 0 Å². The largest absolute Gasteiger partial charge is 0.495 e. The van der Waals surface area contributed by atoms with Gasteiger partial charge < -0.3 is 25.1 Å². The van der Waals surface area contributed by atoms with Gasteiger partial charge in [-0.25, -0.2) is 0 Å². The molecular formula is C13H18BrNO5. The van der Waals surface area contributed by atoms with E-state index in [-0.39, 0.29) is 12.8 Å². The average Bonchev–Trinajstić information content (AvgIpc) is 2.43. The Labute approximate surface area is 125 Å². The van der Waals surface area contributed by atoms with Crippen LogP contribution in [0.3, 0.4) is 0 Å². The van der Waals surface area contributed by atoms with E-state index >= 15 is 0 Å². The molecule has 0 bridgehead atoms. The lowest BCUT2D eigenvalue weighted by Crippen LogP contribution is -2.15. The molecular weight excluding hydrogens is 330 g/mol. The minimum Gasteiger partial charge on any atom is -0.495 e. The van der Waals surface area contributed by atoms with Gasteiger partial charge in [-0.2, -0.15) is 0 Å². The van der Waals surface area contributed by atoms with Gasteiger partial charge in [0.05, 0.1) is 31.4 Å². The first-order valence-electron chi connectivity index (χ1n) is 5.91. The van der Waals surface area contributed by atoms with Crippen LogP contribution in [0.4, 0.5) is 0 Å². The fourth-order valence-corrected chi connectivity index (χ4v) is 2.52. The predicted molar refractivity (Wildman–Crippen MR) is 77.6 cm³/mol. The molecule has 0 aliphatic heterocycles. The third-order valence-electron chi connectivity index (χ3n) is 2.86. The van der Waals surface area contributed by atoms with Crippen molar-refractivity contribution in [1.29, 1.82) is 0 Å². The molecule has 6 nitrogen and oxygen atoms in total. The summed E-state index contributed by atoms with van der Waals surface area (Å²) >= 11 is 3.38. The summed E-state index contributed by atoms with van der Waals surface area (Å²) in [5.41, 5.74) is 6.67. The molecule has 0 amide bonds. The summed E-state index contributed by atoms with van der Waals surface area (Å²) in [7, 11) is 4.53. The summed E-state index contributed by atoms with van der Waals surface area (Å²) in [5, 5.41) is 8.77. The van der Waals surface area contributed by atoms with Gasteiger partial charge in [-0.05, 0) is 22.4 Å². The minimum atomic E-state index is -0.902. The summed E-state index contributed by atoms with van der Waals surface area (Å²) in [4.78, 5) is 10.7. The maximum atomic E-state index is 10.7. The Hall–Kier alpha value is -1.47. The maximum Gasteiger partial charge on any atom is 0.303 e. The highest BCUT2D eigenvalue weighted by Gasteiger charge is 2.24. The Bertz CT molecular complexity index is 492.